The van der Waals surface area contributed by atoms with E-state index in [4.69, 9.17) is 4.84 Å². The fourth-order valence-electron chi connectivity index (χ4n) is 4.21. The van der Waals surface area contributed by atoms with Gasteiger partial charge in [-0.2, -0.15) is 9.79 Å². The fraction of sp³-hybridized carbons (Fsp3) is 0.429. The van der Waals surface area contributed by atoms with Gasteiger partial charge in [0.15, 0.2) is 0 Å². The average Bonchev–Trinajstić information content (AvgIpc) is 3.15. The fourth-order valence-corrected chi connectivity index (χ4v) is 5.87. The summed E-state index contributed by atoms with van der Waals surface area (Å²) in [5.41, 5.74) is 4.90. The predicted molar refractivity (Wildman–Crippen MR) is 105 cm³/mol. The van der Waals surface area contributed by atoms with Crippen LogP contribution in [0.2, 0.25) is 0 Å². The van der Waals surface area contributed by atoms with E-state index in [1.54, 1.807) is 16.4 Å². The minimum absolute atomic E-state index is 0.0274. The lowest BCUT2D eigenvalue weighted by Gasteiger charge is -2.28. The molecule has 27 heavy (non-hydrogen) atoms. The lowest BCUT2D eigenvalue weighted by atomic mass is 9.85. The maximum absolute atomic E-state index is 13.4. The number of nitrogens with zero attached hydrogens (tertiary/aromatic N) is 1. The van der Waals surface area contributed by atoms with Crippen LogP contribution in [0, 0.1) is 12.8 Å². The zero-order valence-electron chi connectivity index (χ0n) is 15.9. The Morgan fingerprint density at radius 3 is 2.44 bits per heavy atom. The van der Waals surface area contributed by atoms with Crippen LogP contribution in [0.5, 0.6) is 0 Å². The Bertz CT molecular complexity index is 910. The van der Waals surface area contributed by atoms with E-state index >= 15 is 0 Å². The Hall–Kier alpha value is -1.73. The quantitative estimate of drug-likeness (QED) is 0.878. The zero-order chi connectivity index (χ0) is 19.2. The van der Waals surface area contributed by atoms with Crippen molar-refractivity contribution in [1.29, 1.82) is 0 Å². The van der Waals surface area contributed by atoms with Gasteiger partial charge in [0, 0.05) is 18.5 Å². The van der Waals surface area contributed by atoms with E-state index in [2.05, 4.69) is 5.48 Å². The number of aryl methyl sites for hydroxylation is 1. The normalized spacial score (nSPS) is 27.6. The molecule has 2 aliphatic heterocycles. The van der Waals surface area contributed by atoms with Crippen LogP contribution < -0.4 is 5.48 Å². The first-order valence-corrected chi connectivity index (χ1v) is 10.8. The first-order chi connectivity index (χ1) is 12.8. The van der Waals surface area contributed by atoms with Gasteiger partial charge in [-0.05, 0) is 44.9 Å². The number of hydrogen-bond acceptors (Lipinski definition) is 4. The lowest BCUT2D eigenvalue weighted by Crippen LogP contribution is -2.45. The molecule has 0 unspecified atom stereocenters. The van der Waals surface area contributed by atoms with E-state index in [9.17, 15) is 8.42 Å². The molecule has 2 aliphatic rings. The highest BCUT2D eigenvalue weighted by Gasteiger charge is 2.56. The van der Waals surface area contributed by atoms with E-state index in [0.717, 1.165) is 11.1 Å². The summed E-state index contributed by atoms with van der Waals surface area (Å²) in [6.07, 6.45) is 0.652. The topological polar surface area (TPSA) is 58.6 Å². The van der Waals surface area contributed by atoms with Gasteiger partial charge < -0.3 is 0 Å². The summed E-state index contributed by atoms with van der Waals surface area (Å²) in [7, 11) is -3.58. The highest BCUT2D eigenvalue weighted by Crippen LogP contribution is 2.41. The molecule has 0 saturated carbocycles. The summed E-state index contributed by atoms with van der Waals surface area (Å²) in [6, 6.07) is 16.9. The van der Waals surface area contributed by atoms with Crippen molar-refractivity contribution in [1.82, 2.24) is 9.79 Å². The molecule has 2 heterocycles. The number of hydroxylamine groups is 1. The van der Waals surface area contributed by atoms with Gasteiger partial charge in [-0.15, -0.1) is 0 Å². The van der Waals surface area contributed by atoms with Crippen molar-refractivity contribution in [3.05, 3.63) is 65.7 Å². The maximum atomic E-state index is 13.4. The Morgan fingerprint density at radius 1 is 1.11 bits per heavy atom. The first kappa shape index (κ1) is 18.6. The van der Waals surface area contributed by atoms with Crippen LogP contribution in [0.3, 0.4) is 0 Å². The second-order valence-electron chi connectivity index (χ2n) is 8.10. The molecule has 6 heteroatoms. The van der Waals surface area contributed by atoms with E-state index < -0.39 is 15.6 Å². The molecule has 2 fully saturated rings. The zero-order valence-corrected chi connectivity index (χ0v) is 16.7. The number of benzene rings is 2. The molecule has 0 aromatic heterocycles. The summed E-state index contributed by atoms with van der Waals surface area (Å²) in [6.45, 7) is 6.45. The molecule has 0 spiro atoms. The van der Waals surface area contributed by atoms with Crippen LogP contribution in [0.1, 0.15) is 25.0 Å². The molecule has 0 amide bonds. The molecule has 2 aromatic carbocycles. The highest BCUT2D eigenvalue weighted by atomic mass is 32.2. The van der Waals surface area contributed by atoms with E-state index in [1.807, 2.05) is 63.2 Å². The molecule has 2 aromatic rings. The molecular weight excluding hydrogens is 360 g/mol. The second kappa shape index (κ2) is 6.71. The van der Waals surface area contributed by atoms with Gasteiger partial charge >= 0.3 is 0 Å². The van der Waals surface area contributed by atoms with Gasteiger partial charge in [-0.1, -0.05) is 48.0 Å². The third-order valence-electron chi connectivity index (χ3n) is 5.86. The SMILES string of the molecule is Cc1ccc(S(=O)(=O)N2C[C@H]3[C@H](NOC3(C)C)[C@@H]2Cc2ccccc2)cc1. The van der Waals surface area contributed by atoms with Crippen molar-refractivity contribution < 1.29 is 13.3 Å². The number of hydrogen-bond donors (Lipinski definition) is 1. The van der Waals surface area contributed by atoms with E-state index in [1.165, 1.54) is 0 Å². The Kier molecular flexibility index (Phi) is 4.63. The maximum Gasteiger partial charge on any atom is 0.243 e. The van der Waals surface area contributed by atoms with Crippen LogP contribution in [0.15, 0.2) is 59.5 Å². The Morgan fingerprint density at radius 2 is 1.78 bits per heavy atom. The summed E-state index contributed by atoms with van der Waals surface area (Å²) in [4.78, 5) is 6.14. The lowest BCUT2D eigenvalue weighted by molar-refractivity contribution is -0.0525. The summed E-state index contributed by atoms with van der Waals surface area (Å²) in [5, 5.41) is 0. The van der Waals surface area contributed by atoms with Crippen molar-refractivity contribution >= 4 is 10.0 Å². The Labute approximate surface area is 161 Å². The van der Waals surface area contributed by atoms with Crippen molar-refractivity contribution in [2.75, 3.05) is 6.54 Å². The third kappa shape index (κ3) is 3.31. The van der Waals surface area contributed by atoms with Crippen LogP contribution in [0.25, 0.3) is 0 Å². The van der Waals surface area contributed by atoms with Crippen LogP contribution in [0.4, 0.5) is 0 Å². The van der Waals surface area contributed by atoms with E-state index in [-0.39, 0.29) is 18.0 Å². The number of nitrogens with one attached hydrogen (secondary N) is 1. The van der Waals surface area contributed by atoms with Gasteiger partial charge in [0.25, 0.3) is 0 Å². The largest absolute Gasteiger partial charge is 0.295 e. The minimum atomic E-state index is -3.58. The van der Waals surface area contributed by atoms with E-state index in [0.29, 0.717) is 17.9 Å². The standard InChI is InChI=1S/C21H26N2O3S/c1-15-9-11-17(12-10-15)27(24,25)23-14-18-20(22-26-21(18,2)3)19(23)13-16-7-5-4-6-8-16/h4-12,18-20,22H,13-14H2,1-3H3/t18-,19-,20-/m0/s1. The Balaban J connectivity index is 1.71. The number of rotatable bonds is 4. The molecule has 5 nitrogen and oxygen atoms in total. The molecule has 0 bridgehead atoms. The van der Waals surface area contributed by atoms with Gasteiger partial charge in [-0.3, -0.25) is 4.84 Å². The van der Waals surface area contributed by atoms with Crippen molar-refractivity contribution in [2.24, 2.45) is 5.92 Å². The molecule has 4 rings (SSSR count). The van der Waals surface area contributed by atoms with Gasteiger partial charge in [0.1, 0.15) is 0 Å². The van der Waals surface area contributed by atoms with Gasteiger partial charge in [0.05, 0.1) is 16.5 Å². The van der Waals surface area contributed by atoms with Crippen molar-refractivity contribution in [3.8, 4) is 0 Å². The van der Waals surface area contributed by atoms with Gasteiger partial charge in [0.2, 0.25) is 10.0 Å². The summed E-state index contributed by atoms with van der Waals surface area (Å²) in [5.74, 6) is 0.103. The molecule has 0 radical (unpaired) electrons. The molecule has 0 aliphatic carbocycles. The smallest absolute Gasteiger partial charge is 0.243 e. The monoisotopic (exact) mass is 386 g/mol. The van der Waals surface area contributed by atoms with Crippen molar-refractivity contribution in [2.45, 2.75) is 49.8 Å². The average molecular weight is 387 g/mol. The molecule has 1 N–H and O–H groups in total. The second-order valence-corrected chi connectivity index (χ2v) is 9.99. The number of sulfonamides is 1. The van der Waals surface area contributed by atoms with Crippen molar-refractivity contribution in [3.63, 3.8) is 0 Å². The highest BCUT2D eigenvalue weighted by molar-refractivity contribution is 7.89. The van der Waals surface area contributed by atoms with Crippen LogP contribution in [-0.4, -0.2) is 37.0 Å². The molecule has 144 valence electrons. The summed E-state index contributed by atoms with van der Waals surface area (Å²) >= 11 is 0. The van der Waals surface area contributed by atoms with Crippen LogP contribution >= 0.6 is 0 Å². The predicted octanol–water partition coefficient (Wildman–Crippen LogP) is 2.91. The summed E-state index contributed by atoms with van der Waals surface area (Å²) < 4.78 is 28.6. The minimum Gasteiger partial charge on any atom is -0.295 e. The molecular formula is C21H26N2O3S. The van der Waals surface area contributed by atoms with Gasteiger partial charge in [-0.25, -0.2) is 8.42 Å². The number of fused-ring (bicyclic) bond motifs is 1. The molecule has 3 atom stereocenters. The molecule has 2 saturated heterocycles. The first-order valence-electron chi connectivity index (χ1n) is 9.35. The van der Waals surface area contributed by atoms with Crippen LogP contribution in [-0.2, 0) is 21.3 Å². The third-order valence-corrected chi connectivity index (χ3v) is 7.77.